The maximum absolute atomic E-state index is 6.00. The van der Waals surface area contributed by atoms with Crippen LogP contribution in [0.3, 0.4) is 0 Å². The van der Waals surface area contributed by atoms with Crippen molar-refractivity contribution in [2.75, 3.05) is 20.6 Å². The van der Waals surface area contributed by atoms with Gasteiger partial charge in [0.05, 0.1) is 0 Å². The zero-order valence-electron chi connectivity index (χ0n) is 7.71. The topological polar surface area (TPSA) is 29.3 Å². The first-order chi connectivity index (χ1) is 5.20. The van der Waals surface area contributed by atoms with Gasteiger partial charge < -0.3 is 10.6 Å². The molecule has 0 unspecified atom stereocenters. The molecule has 0 radical (unpaired) electrons. The van der Waals surface area contributed by atoms with E-state index >= 15 is 0 Å². The van der Waals surface area contributed by atoms with Crippen molar-refractivity contribution in [3.8, 4) is 0 Å². The predicted octanol–water partition coefficient (Wildman–Crippen LogP) is 1.07. The van der Waals surface area contributed by atoms with Gasteiger partial charge in [0.15, 0.2) is 0 Å². The lowest BCUT2D eigenvalue weighted by molar-refractivity contribution is 0.235. The summed E-state index contributed by atoms with van der Waals surface area (Å²) in [6.45, 7) is 1.17. The summed E-state index contributed by atoms with van der Waals surface area (Å²) in [6.07, 6.45) is 5.29. The molecule has 1 rings (SSSR count). The lowest BCUT2D eigenvalue weighted by Crippen LogP contribution is -2.38. The van der Waals surface area contributed by atoms with Crippen LogP contribution in [-0.4, -0.2) is 31.6 Å². The molecule has 1 aliphatic carbocycles. The molecule has 0 spiro atoms. The third-order valence-corrected chi connectivity index (χ3v) is 2.57. The van der Waals surface area contributed by atoms with Gasteiger partial charge in [-0.2, -0.15) is 0 Å². The molecule has 2 heteroatoms. The summed E-state index contributed by atoms with van der Waals surface area (Å²) >= 11 is 0. The number of nitrogens with zero attached hydrogens (tertiary/aromatic N) is 1. The van der Waals surface area contributed by atoms with Crippen molar-refractivity contribution in [3.63, 3.8) is 0 Å². The molecular weight excluding hydrogens is 136 g/mol. The first kappa shape index (κ1) is 9.01. The molecule has 0 bridgehead atoms. The van der Waals surface area contributed by atoms with Gasteiger partial charge in [0, 0.05) is 12.6 Å². The SMILES string of the molecule is CN(C)C[C@@H]1CCCC[C@H]1N. The predicted molar refractivity (Wildman–Crippen MR) is 48.5 cm³/mol. The Balaban J connectivity index is 2.29. The molecule has 2 atom stereocenters. The first-order valence-electron chi connectivity index (χ1n) is 4.60. The molecule has 2 N–H and O–H groups in total. The molecule has 1 saturated carbocycles. The largest absolute Gasteiger partial charge is 0.327 e. The fraction of sp³-hybridized carbons (Fsp3) is 1.00. The highest BCUT2D eigenvalue weighted by Gasteiger charge is 2.21. The second kappa shape index (κ2) is 4.07. The van der Waals surface area contributed by atoms with Gasteiger partial charge >= 0.3 is 0 Å². The summed E-state index contributed by atoms with van der Waals surface area (Å²) in [4.78, 5) is 2.25. The van der Waals surface area contributed by atoms with Gasteiger partial charge in [-0.25, -0.2) is 0 Å². The van der Waals surface area contributed by atoms with Crippen LogP contribution >= 0.6 is 0 Å². The molecule has 0 aromatic carbocycles. The Hall–Kier alpha value is -0.0800. The van der Waals surface area contributed by atoms with Crippen molar-refractivity contribution in [3.05, 3.63) is 0 Å². The van der Waals surface area contributed by atoms with E-state index in [1.165, 1.54) is 32.2 Å². The smallest absolute Gasteiger partial charge is 0.00793 e. The molecule has 1 aliphatic rings. The van der Waals surface area contributed by atoms with Crippen molar-refractivity contribution in [2.24, 2.45) is 11.7 Å². The lowest BCUT2D eigenvalue weighted by Gasteiger charge is -2.30. The molecular formula is C9H20N2. The standard InChI is InChI=1S/C9H20N2/c1-11(2)7-8-5-3-4-6-9(8)10/h8-9H,3-7,10H2,1-2H3/t8-,9+/m0/s1. The zero-order valence-corrected chi connectivity index (χ0v) is 7.71. The summed E-state index contributed by atoms with van der Waals surface area (Å²) in [5.74, 6) is 0.749. The lowest BCUT2D eigenvalue weighted by atomic mass is 9.85. The van der Waals surface area contributed by atoms with Crippen LogP contribution in [0, 0.1) is 5.92 Å². The Morgan fingerprint density at radius 3 is 2.45 bits per heavy atom. The number of nitrogens with two attached hydrogens (primary N) is 1. The molecule has 0 aromatic heterocycles. The van der Waals surface area contributed by atoms with E-state index in [1.54, 1.807) is 0 Å². The van der Waals surface area contributed by atoms with Gasteiger partial charge in [0.2, 0.25) is 0 Å². The summed E-state index contributed by atoms with van der Waals surface area (Å²) in [5, 5.41) is 0. The van der Waals surface area contributed by atoms with Crippen LogP contribution < -0.4 is 5.73 Å². The summed E-state index contributed by atoms with van der Waals surface area (Å²) < 4.78 is 0. The molecule has 11 heavy (non-hydrogen) atoms. The van der Waals surface area contributed by atoms with Gasteiger partial charge in [-0.1, -0.05) is 12.8 Å². The molecule has 2 nitrogen and oxygen atoms in total. The molecule has 0 aliphatic heterocycles. The molecule has 0 amide bonds. The Kier molecular flexibility index (Phi) is 3.34. The second-order valence-corrected chi connectivity index (χ2v) is 3.97. The van der Waals surface area contributed by atoms with E-state index < -0.39 is 0 Å². The molecule has 66 valence electrons. The highest BCUT2D eigenvalue weighted by Crippen LogP contribution is 2.22. The average Bonchev–Trinajstić information content (AvgIpc) is 1.93. The van der Waals surface area contributed by atoms with Crippen molar-refractivity contribution in [1.82, 2.24) is 4.90 Å². The number of hydrogen-bond donors (Lipinski definition) is 1. The molecule has 0 saturated heterocycles. The van der Waals surface area contributed by atoms with Crippen LogP contribution in [-0.2, 0) is 0 Å². The van der Waals surface area contributed by atoms with Crippen LogP contribution in [0.1, 0.15) is 25.7 Å². The van der Waals surface area contributed by atoms with E-state index in [9.17, 15) is 0 Å². The minimum Gasteiger partial charge on any atom is -0.327 e. The first-order valence-corrected chi connectivity index (χ1v) is 4.60. The molecule has 0 aromatic rings. The fourth-order valence-corrected chi connectivity index (χ4v) is 1.93. The Labute approximate surface area is 69.8 Å². The van der Waals surface area contributed by atoms with E-state index in [0.29, 0.717) is 6.04 Å². The van der Waals surface area contributed by atoms with Crippen molar-refractivity contribution < 1.29 is 0 Å². The summed E-state index contributed by atoms with van der Waals surface area (Å²) in [6, 6.07) is 0.464. The van der Waals surface area contributed by atoms with Crippen LogP contribution in [0.4, 0.5) is 0 Å². The van der Waals surface area contributed by atoms with Gasteiger partial charge in [0.25, 0.3) is 0 Å². The van der Waals surface area contributed by atoms with E-state index in [2.05, 4.69) is 19.0 Å². The van der Waals surface area contributed by atoms with Crippen LogP contribution in [0.5, 0.6) is 0 Å². The summed E-state index contributed by atoms with van der Waals surface area (Å²) in [7, 11) is 4.25. The Morgan fingerprint density at radius 1 is 1.27 bits per heavy atom. The maximum atomic E-state index is 6.00. The second-order valence-electron chi connectivity index (χ2n) is 3.97. The van der Waals surface area contributed by atoms with E-state index in [-0.39, 0.29) is 0 Å². The van der Waals surface area contributed by atoms with Crippen molar-refractivity contribution in [1.29, 1.82) is 0 Å². The van der Waals surface area contributed by atoms with E-state index in [1.807, 2.05) is 0 Å². The number of hydrogen-bond acceptors (Lipinski definition) is 2. The van der Waals surface area contributed by atoms with Gasteiger partial charge in [-0.3, -0.25) is 0 Å². The van der Waals surface area contributed by atoms with Crippen LogP contribution in [0.15, 0.2) is 0 Å². The summed E-state index contributed by atoms with van der Waals surface area (Å²) in [5.41, 5.74) is 6.00. The van der Waals surface area contributed by atoms with Crippen LogP contribution in [0.25, 0.3) is 0 Å². The minimum atomic E-state index is 0.464. The number of rotatable bonds is 2. The molecule has 0 heterocycles. The van der Waals surface area contributed by atoms with Crippen LogP contribution in [0.2, 0.25) is 0 Å². The monoisotopic (exact) mass is 156 g/mol. The van der Waals surface area contributed by atoms with Gasteiger partial charge in [0.1, 0.15) is 0 Å². The van der Waals surface area contributed by atoms with Crippen molar-refractivity contribution in [2.45, 2.75) is 31.7 Å². The molecule has 1 fully saturated rings. The minimum absolute atomic E-state index is 0.464. The zero-order chi connectivity index (χ0) is 8.27. The Morgan fingerprint density at radius 2 is 1.91 bits per heavy atom. The fourth-order valence-electron chi connectivity index (χ4n) is 1.93. The quantitative estimate of drug-likeness (QED) is 0.648. The third kappa shape index (κ3) is 2.80. The van der Waals surface area contributed by atoms with Gasteiger partial charge in [-0.05, 0) is 32.9 Å². The highest BCUT2D eigenvalue weighted by molar-refractivity contribution is 4.79. The third-order valence-electron chi connectivity index (χ3n) is 2.57. The van der Waals surface area contributed by atoms with E-state index in [4.69, 9.17) is 5.73 Å². The van der Waals surface area contributed by atoms with Crippen molar-refractivity contribution >= 4 is 0 Å². The Bertz CT molecular complexity index is 112. The highest BCUT2D eigenvalue weighted by atomic mass is 15.1. The average molecular weight is 156 g/mol. The maximum Gasteiger partial charge on any atom is 0.00793 e. The van der Waals surface area contributed by atoms with Gasteiger partial charge in [-0.15, -0.1) is 0 Å². The van der Waals surface area contributed by atoms with E-state index in [0.717, 1.165) is 5.92 Å². The normalized spacial score (nSPS) is 32.7.